The average molecular weight is 294 g/mol. The number of rotatable bonds is 4. The number of aryl methyl sites for hydroxylation is 1. The first kappa shape index (κ1) is 14.5. The molecule has 2 N–H and O–H groups in total. The maximum atomic E-state index is 6.11. The largest absolute Gasteiger partial charge is 0.487 e. The Labute approximate surface area is 131 Å². The van der Waals surface area contributed by atoms with E-state index in [1.165, 1.54) is 5.56 Å². The van der Waals surface area contributed by atoms with E-state index in [4.69, 9.17) is 10.5 Å². The monoisotopic (exact) mass is 294 g/mol. The van der Waals surface area contributed by atoms with Gasteiger partial charge in [-0.05, 0) is 51.1 Å². The summed E-state index contributed by atoms with van der Waals surface area (Å²) in [4.78, 5) is 0. The minimum atomic E-state index is 0.357. The molecule has 0 unspecified atom stereocenters. The third-order valence-electron chi connectivity index (χ3n) is 3.92. The molecule has 0 atom stereocenters. The molecule has 0 saturated carbocycles. The topological polar surface area (TPSA) is 40.2 Å². The number of nitrogen functional groups attached to an aromatic ring is 1. The highest BCUT2D eigenvalue weighted by Gasteiger charge is 2.13. The molecule has 3 rings (SSSR count). The van der Waals surface area contributed by atoms with E-state index in [1.807, 2.05) is 24.3 Å². The molecular weight excluding hydrogens is 272 g/mol. The number of fused-ring (bicyclic) bond motifs is 1. The zero-order valence-corrected chi connectivity index (χ0v) is 13.3. The quantitative estimate of drug-likeness (QED) is 0.709. The molecule has 0 saturated heterocycles. The van der Waals surface area contributed by atoms with Crippen molar-refractivity contribution in [3.8, 4) is 5.75 Å². The van der Waals surface area contributed by atoms with E-state index in [-0.39, 0.29) is 0 Å². The summed E-state index contributed by atoms with van der Waals surface area (Å²) in [6, 6.07) is 16.7. The molecule has 0 fully saturated rings. The number of benzene rings is 2. The van der Waals surface area contributed by atoms with Gasteiger partial charge in [-0.2, -0.15) is 0 Å². The van der Waals surface area contributed by atoms with E-state index in [0.717, 1.165) is 28.0 Å². The van der Waals surface area contributed by atoms with Crippen molar-refractivity contribution in [1.82, 2.24) is 4.57 Å². The van der Waals surface area contributed by atoms with Crippen molar-refractivity contribution >= 4 is 16.6 Å². The zero-order chi connectivity index (χ0) is 15.7. The Kier molecular flexibility index (Phi) is 3.80. The smallest absolute Gasteiger partial charge is 0.128 e. The molecule has 1 aromatic heterocycles. The summed E-state index contributed by atoms with van der Waals surface area (Å²) in [6.45, 7) is 6.97. The third-order valence-corrected chi connectivity index (χ3v) is 3.92. The second kappa shape index (κ2) is 5.76. The summed E-state index contributed by atoms with van der Waals surface area (Å²) in [7, 11) is 0. The van der Waals surface area contributed by atoms with E-state index >= 15 is 0 Å². The second-order valence-electron chi connectivity index (χ2n) is 5.98. The first-order valence-electron chi connectivity index (χ1n) is 7.64. The highest BCUT2D eigenvalue weighted by atomic mass is 16.5. The van der Waals surface area contributed by atoms with Gasteiger partial charge < -0.3 is 15.0 Å². The molecule has 2 aromatic carbocycles. The van der Waals surface area contributed by atoms with Gasteiger partial charge >= 0.3 is 0 Å². The summed E-state index contributed by atoms with van der Waals surface area (Å²) < 4.78 is 8.24. The Balaban J connectivity index is 1.94. The fourth-order valence-electron chi connectivity index (χ4n) is 2.84. The first-order chi connectivity index (χ1) is 10.6. The van der Waals surface area contributed by atoms with Gasteiger partial charge in [0.05, 0.1) is 11.2 Å². The number of nitrogens with two attached hydrogens (primary N) is 1. The van der Waals surface area contributed by atoms with Gasteiger partial charge in [-0.3, -0.25) is 0 Å². The molecule has 0 spiro atoms. The Bertz CT molecular complexity index is 785. The lowest BCUT2D eigenvalue weighted by atomic mass is 10.2. The summed E-state index contributed by atoms with van der Waals surface area (Å²) in [5.41, 5.74) is 10.5. The summed E-state index contributed by atoms with van der Waals surface area (Å²) in [5, 5.41) is 1.10. The van der Waals surface area contributed by atoms with Crippen molar-refractivity contribution in [1.29, 1.82) is 0 Å². The number of nitrogens with zero attached hydrogens (tertiary/aromatic N) is 1. The van der Waals surface area contributed by atoms with Gasteiger partial charge in [0, 0.05) is 17.1 Å². The van der Waals surface area contributed by atoms with E-state index in [1.54, 1.807) is 0 Å². The van der Waals surface area contributed by atoms with Gasteiger partial charge in [0.25, 0.3) is 0 Å². The van der Waals surface area contributed by atoms with E-state index in [2.05, 4.69) is 49.6 Å². The number of hydrogen-bond acceptors (Lipinski definition) is 2. The lowest BCUT2D eigenvalue weighted by Gasteiger charge is -2.15. The maximum absolute atomic E-state index is 6.11. The van der Waals surface area contributed by atoms with Gasteiger partial charge in [0.1, 0.15) is 12.4 Å². The maximum Gasteiger partial charge on any atom is 0.128 e. The summed E-state index contributed by atoms with van der Waals surface area (Å²) >= 11 is 0. The number of hydrogen-bond donors (Lipinski definition) is 1. The molecule has 1 heterocycles. The van der Waals surface area contributed by atoms with Gasteiger partial charge in [-0.25, -0.2) is 0 Å². The van der Waals surface area contributed by atoms with Crippen molar-refractivity contribution in [3.63, 3.8) is 0 Å². The molecule has 0 amide bonds. The number of anilines is 1. The predicted octanol–water partition coefficient (Wildman–Crippen LogP) is 4.69. The predicted molar refractivity (Wildman–Crippen MR) is 92.2 cm³/mol. The lowest BCUT2D eigenvalue weighted by Crippen LogP contribution is -2.08. The van der Waals surface area contributed by atoms with Crippen LogP contribution in [0.1, 0.15) is 31.1 Å². The summed E-state index contributed by atoms with van der Waals surface area (Å²) in [5.74, 6) is 0.888. The van der Waals surface area contributed by atoms with Crippen LogP contribution in [0.15, 0.2) is 48.5 Å². The van der Waals surface area contributed by atoms with Gasteiger partial charge in [0.15, 0.2) is 0 Å². The van der Waals surface area contributed by atoms with E-state index in [9.17, 15) is 0 Å². The molecular formula is C19H22N2O. The van der Waals surface area contributed by atoms with Crippen LogP contribution in [0.5, 0.6) is 5.75 Å². The van der Waals surface area contributed by atoms with Crippen molar-refractivity contribution < 1.29 is 4.74 Å². The van der Waals surface area contributed by atoms with Crippen LogP contribution in [0.2, 0.25) is 0 Å². The van der Waals surface area contributed by atoms with Crippen LogP contribution < -0.4 is 10.5 Å². The number of aromatic nitrogens is 1. The average Bonchev–Trinajstić information content (AvgIpc) is 2.87. The van der Waals surface area contributed by atoms with Gasteiger partial charge in [-0.15, -0.1) is 0 Å². The normalized spacial score (nSPS) is 11.3. The highest BCUT2D eigenvalue weighted by Crippen LogP contribution is 2.29. The first-order valence-corrected chi connectivity index (χ1v) is 7.64. The molecule has 3 aromatic rings. The Morgan fingerprint density at radius 3 is 2.50 bits per heavy atom. The van der Waals surface area contributed by atoms with Gasteiger partial charge in [-0.1, -0.05) is 23.8 Å². The molecule has 22 heavy (non-hydrogen) atoms. The van der Waals surface area contributed by atoms with Crippen molar-refractivity contribution in [3.05, 3.63) is 59.8 Å². The third kappa shape index (κ3) is 2.67. The Hall–Kier alpha value is -2.42. The second-order valence-corrected chi connectivity index (χ2v) is 5.98. The molecule has 0 aliphatic rings. The minimum Gasteiger partial charge on any atom is -0.487 e. The SMILES string of the molecule is Cc1ccc(OCc2cc3c(N)cccc3n2C(C)C)cc1. The van der Waals surface area contributed by atoms with Crippen LogP contribution in [0.4, 0.5) is 5.69 Å². The van der Waals surface area contributed by atoms with E-state index in [0.29, 0.717) is 12.6 Å². The molecule has 0 radical (unpaired) electrons. The lowest BCUT2D eigenvalue weighted by molar-refractivity contribution is 0.293. The molecule has 0 aliphatic heterocycles. The van der Waals surface area contributed by atoms with Crippen LogP contribution in [-0.4, -0.2) is 4.57 Å². The fourth-order valence-corrected chi connectivity index (χ4v) is 2.84. The van der Waals surface area contributed by atoms with Crippen LogP contribution in [0.25, 0.3) is 10.9 Å². The van der Waals surface area contributed by atoms with Crippen LogP contribution in [-0.2, 0) is 6.61 Å². The van der Waals surface area contributed by atoms with Crippen molar-refractivity contribution in [2.24, 2.45) is 0 Å². The highest BCUT2D eigenvalue weighted by molar-refractivity contribution is 5.92. The standard InChI is InChI=1S/C19H22N2O/c1-13(2)21-15(11-17-18(20)5-4-6-19(17)21)12-22-16-9-7-14(3)8-10-16/h4-11,13H,12,20H2,1-3H3. The zero-order valence-electron chi connectivity index (χ0n) is 13.3. The minimum absolute atomic E-state index is 0.357. The van der Waals surface area contributed by atoms with Crippen LogP contribution in [0, 0.1) is 6.92 Å². The fraction of sp³-hybridized carbons (Fsp3) is 0.263. The van der Waals surface area contributed by atoms with Crippen molar-refractivity contribution in [2.45, 2.75) is 33.4 Å². The Morgan fingerprint density at radius 2 is 1.82 bits per heavy atom. The Morgan fingerprint density at radius 1 is 1.09 bits per heavy atom. The van der Waals surface area contributed by atoms with Crippen LogP contribution in [0.3, 0.4) is 0 Å². The molecule has 3 nitrogen and oxygen atoms in total. The molecule has 0 aliphatic carbocycles. The molecule has 0 bridgehead atoms. The number of ether oxygens (including phenoxy) is 1. The van der Waals surface area contributed by atoms with E-state index < -0.39 is 0 Å². The van der Waals surface area contributed by atoms with Gasteiger partial charge in [0.2, 0.25) is 0 Å². The summed E-state index contributed by atoms with van der Waals surface area (Å²) in [6.07, 6.45) is 0. The molecule has 114 valence electrons. The van der Waals surface area contributed by atoms with Crippen LogP contribution >= 0.6 is 0 Å². The molecule has 3 heteroatoms. The van der Waals surface area contributed by atoms with Crippen molar-refractivity contribution in [2.75, 3.05) is 5.73 Å².